The van der Waals surface area contributed by atoms with E-state index in [9.17, 15) is 9.90 Å². The molecule has 7 nitrogen and oxygen atoms in total. The number of quaternary nitrogens is 1. The highest BCUT2D eigenvalue weighted by Crippen LogP contribution is 2.34. The summed E-state index contributed by atoms with van der Waals surface area (Å²) in [5.74, 6) is 0.865. The lowest BCUT2D eigenvalue weighted by atomic mass is 9.92. The molecule has 0 aliphatic heterocycles. The van der Waals surface area contributed by atoms with E-state index in [4.69, 9.17) is 4.74 Å². The van der Waals surface area contributed by atoms with Gasteiger partial charge in [-0.25, -0.2) is 0 Å². The zero-order chi connectivity index (χ0) is 40.0. The van der Waals surface area contributed by atoms with Crippen molar-refractivity contribution in [2.75, 3.05) is 66.3 Å². The lowest BCUT2D eigenvalue weighted by Gasteiger charge is -2.30. The molecule has 0 atom stereocenters. The van der Waals surface area contributed by atoms with Gasteiger partial charge in [0.25, 0.3) is 0 Å². The van der Waals surface area contributed by atoms with E-state index in [2.05, 4.69) is 150 Å². The fraction of sp³-hybridized carbons (Fsp3) is 0.417. The van der Waals surface area contributed by atoms with Gasteiger partial charge in [0.05, 0.1) is 27.7 Å². The molecule has 4 rings (SSSR count). The summed E-state index contributed by atoms with van der Waals surface area (Å²) >= 11 is 0. The zero-order valence-corrected chi connectivity index (χ0v) is 35.1. The first kappa shape index (κ1) is 43.0. The van der Waals surface area contributed by atoms with Gasteiger partial charge in [-0.15, -0.1) is 0 Å². The second kappa shape index (κ2) is 20.8. The van der Waals surface area contributed by atoms with Crippen LogP contribution in [0.2, 0.25) is 0 Å². The number of nitrogens with zero attached hydrogens (tertiary/aromatic N) is 4. The van der Waals surface area contributed by atoms with E-state index >= 15 is 0 Å². The van der Waals surface area contributed by atoms with Crippen LogP contribution in [-0.4, -0.2) is 92.2 Å². The van der Waals surface area contributed by atoms with Gasteiger partial charge in [0.2, 0.25) is 5.69 Å². The van der Waals surface area contributed by atoms with Crippen LogP contribution in [0.15, 0.2) is 120 Å². The SMILES string of the molecule is C/C(=C\C=C1/CCCC(/C=C/C(C)=[N+](\CCCN(C)C)c2ccccc2C)=C1Oc1ccc(CCC(=O)O)cc1)N(CCC[N+](C)(C)C)c1ccccc1C. The predicted molar refractivity (Wildman–Crippen MR) is 231 cm³/mol. The standard InChI is InChI=1S/C48H65N4O3/c1-37-17-10-12-21-45(37)50(34-15-33-49(5)6)39(3)23-28-42-19-14-20-43(48(42)55-44-30-25-41(26-31-44)27-32-47(53)54)29-24-40(4)51(35-16-36-52(7,8)9)46-22-13-11-18-38(46)2/h10-13,17-18,21-26,28-31H,14-16,19-20,27,32-36H2,1-9H3/q+1/p+1. The van der Waals surface area contributed by atoms with Crippen LogP contribution in [0.5, 0.6) is 5.75 Å². The van der Waals surface area contributed by atoms with E-state index in [1.165, 1.54) is 45.1 Å². The molecule has 294 valence electrons. The molecule has 0 bridgehead atoms. The maximum absolute atomic E-state index is 11.2. The minimum Gasteiger partial charge on any atom is -0.481 e. The molecule has 0 saturated carbocycles. The number of rotatable bonds is 19. The Morgan fingerprint density at radius 2 is 1.58 bits per heavy atom. The Bertz CT molecular complexity index is 1890. The van der Waals surface area contributed by atoms with E-state index in [1.807, 2.05) is 24.3 Å². The molecule has 0 radical (unpaired) electrons. The molecule has 3 aromatic carbocycles. The number of anilines is 1. The Morgan fingerprint density at radius 3 is 2.24 bits per heavy atom. The second-order valence-corrected chi connectivity index (χ2v) is 16.2. The molecule has 0 saturated heterocycles. The molecule has 0 heterocycles. The number of carbonyl (C=O) groups is 1. The van der Waals surface area contributed by atoms with Gasteiger partial charge in [0.1, 0.15) is 11.5 Å². The molecular formula is C48H66N4O3+2. The summed E-state index contributed by atoms with van der Waals surface area (Å²) < 4.78 is 10.2. The van der Waals surface area contributed by atoms with E-state index < -0.39 is 5.97 Å². The Morgan fingerprint density at radius 1 is 0.891 bits per heavy atom. The number of aryl methyl sites for hydroxylation is 3. The number of benzene rings is 3. The monoisotopic (exact) mass is 747 g/mol. The van der Waals surface area contributed by atoms with Crippen LogP contribution in [-0.2, 0) is 11.2 Å². The minimum atomic E-state index is -0.789. The second-order valence-electron chi connectivity index (χ2n) is 16.2. The van der Waals surface area contributed by atoms with Crippen molar-refractivity contribution in [3.05, 3.63) is 136 Å². The third kappa shape index (κ3) is 13.8. The molecule has 3 aromatic rings. The molecule has 1 N–H and O–H groups in total. The largest absolute Gasteiger partial charge is 0.481 e. The van der Waals surface area contributed by atoms with Gasteiger partial charge in [0, 0.05) is 68.4 Å². The van der Waals surface area contributed by atoms with E-state index in [0.29, 0.717) is 6.42 Å². The van der Waals surface area contributed by atoms with Gasteiger partial charge in [0.15, 0.2) is 12.3 Å². The highest BCUT2D eigenvalue weighted by atomic mass is 16.5. The van der Waals surface area contributed by atoms with Crippen molar-refractivity contribution in [2.24, 2.45) is 0 Å². The lowest BCUT2D eigenvalue weighted by molar-refractivity contribution is -0.870. The Hall–Kier alpha value is -4.72. The summed E-state index contributed by atoms with van der Waals surface area (Å²) in [6, 6.07) is 25.2. The van der Waals surface area contributed by atoms with Crippen LogP contribution in [0, 0.1) is 13.8 Å². The van der Waals surface area contributed by atoms with Crippen molar-refractivity contribution < 1.29 is 23.7 Å². The molecule has 1 aliphatic carbocycles. The third-order valence-electron chi connectivity index (χ3n) is 10.2. The normalized spacial score (nSPS) is 15.2. The van der Waals surface area contributed by atoms with Gasteiger partial charge in [-0.2, -0.15) is 4.58 Å². The minimum absolute atomic E-state index is 0.109. The Balaban J connectivity index is 1.76. The molecule has 0 fully saturated rings. The van der Waals surface area contributed by atoms with Crippen LogP contribution in [0.25, 0.3) is 0 Å². The van der Waals surface area contributed by atoms with Gasteiger partial charge >= 0.3 is 5.97 Å². The number of carboxylic acids is 1. The van der Waals surface area contributed by atoms with Crippen molar-refractivity contribution in [3.63, 3.8) is 0 Å². The summed E-state index contributed by atoms with van der Waals surface area (Å²) in [5, 5.41) is 9.19. The highest BCUT2D eigenvalue weighted by Gasteiger charge is 2.21. The molecule has 0 unspecified atom stereocenters. The number of hydrogen-bond donors (Lipinski definition) is 1. The van der Waals surface area contributed by atoms with Crippen LogP contribution in [0.1, 0.15) is 69.1 Å². The van der Waals surface area contributed by atoms with E-state index in [0.717, 1.165) is 79.8 Å². The predicted octanol–water partition coefficient (Wildman–Crippen LogP) is 9.88. The fourth-order valence-electron chi connectivity index (χ4n) is 7.02. The van der Waals surface area contributed by atoms with E-state index in [-0.39, 0.29) is 6.42 Å². The number of aliphatic carboxylic acids is 1. The highest BCUT2D eigenvalue weighted by molar-refractivity contribution is 5.90. The van der Waals surface area contributed by atoms with Crippen LogP contribution < -0.4 is 9.64 Å². The molecule has 7 heteroatoms. The third-order valence-corrected chi connectivity index (χ3v) is 10.2. The van der Waals surface area contributed by atoms with Gasteiger partial charge in [-0.05, 0) is 113 Å². The fourth-order valence-corrected chi connectivity index (χ4v) is 7.02. The average molecular weight is 747 g/mol. The summed E-state index contributed by atoms with van der Waals surface area (Å²) in [7, 11) is 11.0. The zero-order valence-electron chi connectivity index (χ0n) is 35.1. The van der Waals surface area contributed by atoms with Crippen LogP contribution >= 0.6 is 0 Å². The molecule has 0 spiro atoms. The van der Waals surface area contributed by atoms with Crippen molar-refractivity contribution in [1.29, 1.82) is 0 Å². The average Bonchev–Trinajstić information content (AvgIpc) is 3.14. The Kier molecular flexibility index (Phi) is 16.3. The number of ether oxygens (including phenoxy) is 1. The quantitative estimate of drug-likeness (QED) is 0.0752. The molecule has 1 aliphatic rings. The van der Waals surface area contributed by atoms with E-state index in [1.54, 1.807) is 0 Å². The van der Waals surface area contributed by atoms with Crippen molar-refractivity contribution in [1.82, 2.24) is 4.90 Å². The summed E-state index contributed by atoms with van der Waals surface area (Å²) in [4.78, 5) is 15.9. The number of para-hydroxylation sites is 2. The molecule has 0 aromatic heterocycles. The maximum atomic E-state index is 11.2. The first-order valence-corrected chi connectivity index (χ1v) is 19.9. The number of allylic oxidation sites excluding steroid dienone is 7. The smallest absolute Gasteiger partial charge is 0.303 e. The van der Waals surface area contributed by atoms with Gasteiger partial charge in [-0.1, -0.05) is 54.6 Å². The van der Waals surface area contributed by atoms with Crippen molar-refractivity contribution in [3.8, 4) is 5.75 Å². The summed E-state index contributed by atoms with van der Waals surface area (Å²) in [6.07, 6.45) is 14.7. The molecule has 55 heavy (non-hydrogen) atoms. The maximum Gasteiger partial charge on any atom is 0.303 e. The van der Waals surface area contributed by atoms with Gasteiger partial charge in [-0.3, -0.25) is 4.79 Å². The Labute approximate surface area is 331 Å². The van der Waals surface area contributed by atoms with Gasteiger partial charge < -0.3 is 24.1 Å². The summed E-state index contributed by atoms with van der Waals surface area (Å²) in [6.45, 7) is 12.8. The first-order valence-electron chi connectivity index (χ1n) is 19.9. The van der Waals surface area contributed by atoms with Crippen molar-refractivity contribution in [2.45, 2.75) is 72.6 Å². The molecule has 0 amide bonds. The lowest BCUT2D eigenvalue weighted by Crippen LogP contribution is -2.37. The van der Waals surface area contributed by atoms with Crippen LogP contribution in [0.4, 0.5) is 11.4 Å². The van der Waals surface area contributed by atoms with Crippen LogP contribution in [0.3, 0.4) is 0 Å². The molecular weight excluding hydrogens is 681 g/mol. The topological polar surface area (TPSA) is 56.0 Å². The summed E-state index contributed by atoms with van der Waals surface area (Å²) in [5.41, 5.74) is 10.7. The first-order chi connectivity index (χ1) is 26.2. The van der Waals surface area contributed by atoms with Crippen molar-refractivity contribution >= 4 is 23.1 Å². The number of carboxylic acid groups (broad SMARTS) is 1. The number of hydrogen-bond acceptors (Lipinski definition) is 4.